The van der Waals surface area contributed by atoms with Gasteiger partial charge in [-0.05, 0) is 37.3 Å². The summed E-state index contributed by atoms with van der Waals surface area (Å²) in [7, 11) is -1.10. The molecule has 34 heavy (non-hydrogen) atoms. The molecule has 0 saturated heterocycles. The molecule has 1 atom stereocenters. The van der Waals surface area contributed by atoms with Crippen LogP contribution in [0.25, 0.3) is 17.0 Å². The molecule has 2 heterocycles. The monoisotopic (exact) mass is 503 g/mol. The highest BCUT2D eigenvalue weighted by Crippen LogP contribution is 2.48. The fraction of sp³-hybridized carbons (Fsp3) is 0.292. The number of benzene rings is 2. The molecule has 0 saturated carbocycles. The summed E-state index contributed by atoms with van der Waals surface area (Å²) < 4.78 is 44.7. The van der Waals surface area contributed by atoms with Gasteiger partial charge < -0.3 is 19.5 Å². The average Bonchev–Trinajstić information content (AvgIpc) is 3.13. The fourth-order valence-corrected chi connectivity index (χ4v) is 5.75. The maximum absolute atomic E-state index is 11.3. The first kappa shape index (κ1) is 24.3. The summed E-state index contributed by atoms with van der Waals surface area (Å²) in [5.41, 5.74) is 2.81. The van der Waals surface area contributed by atoms with Crippen molar-refractivity contribution >= 4 is 44.5 Å². The largest absolute Gasteiger partial charge is 0.497 e. The van der Waals surface area contributed by atoms with Crippen LogP contribution in [-0.2, 0) is 16.7 Å². The first-order chi connectivity index (χ1) is 16.2. The number of fused-ring (bicyclic) bond motifs is 2. The molecular weight excluding hydrogens is 476 g/mol. The number of anilines is 1. The molecule has 2 N–H and O–H groups in total. The lowest BCUT2D eigenvalue weighted by Crippen LogP contribution is -2.37. The summed E-state index contributed by atoms with van der Waals surface area (Å²) in [4.78, 5) is 2.82. The van der Waals surface area contributed by atoms with E-state index < -0.39 is 22.0 Å². The van der Waals surface area contributed by atoms with E-state index in [0.29, 0.717) is 5.75 Å². The second-order valence-electron chi connectivity index (χ2n) is 7.86. The third-order valence-electron chi connectivity index (χ3n) is 5.59. The molecule has 1 aromatic heterocycles. The van der Waals surface area contributed by atoms with Crippen molar-refractivity contribution in [2.45, 2.75) is 24.5 Å². The van der Waals surface area contributed by atoms with Crippen LogP contribution in [0.15, 0.2) is 58.5 Å². The molecule has 8 nitrogen and oxygen atoms in total. The van der Waals surface area contributed by atoms with Crippen molar-refractivity contribution in [1.29, 1.82) is 0 Å². The van der Waals surface area contributed by atoms with Gasteiger partial charge in [-0.15, -0.1) is 0 Å². The number of aliphatic hydroxyl groups excluding tert-OH is 1. The van der Waals surface area contributed by atoms with Gasteiger partial charge >= 0.3 is 0 Å². The van der Waals surface area contributed by atoms with Gasteiger partial charge in [-0.25, -0.2) is 0 Å². The Hall–Kier alpha value is -2.79. The minimum absolute atomic E-state index is 0.00427. The quantitative estimate of drug-likeness (QED) is 0.357. The number of ether oxygens (including phenoxy) is 2. The number of pyridine rings is 1. The van der Waals surface area contributed by atoms with Crippen molar-refractivity contribution in [2.75, 3.05) is 31.4 Å². The van der Waals surface area contributed by atoms with Crippen molar-refractivity contribution in [3.63, 3.8) is 0 Å². The number of hydrogen-bond acceptors (Lipinski definition) is 7. The Kier molecular flexibility index (Phi) is 7.04. The highest BCUT2D eigenvalue weighted by Gasteiger charge is 2.30. The third-order valence-corrected chi connectivity index (χ3v) is 7.51. The van der Waals surface area contributed by atoms with Gasteiger partial charge in [0.05, 0.1) is 43.0 Å². The summed E-state index contributed by atoms with van der Waals surface area (Å²) in [6.45, 7) is 2.80. The number of rotatable bonds is 8. The van der Waals surface area contributed by atoms with Crippen LogP contribution < -0.4 is 18.9 Å². The van der Waals surface area contributed by atoms with E-state index in [1.165, 1.54) is 11.8 Å². The second kappa shape index (κ2) is 9.83. The summed E-state index contributed by atoms with van der Waals surface area (Å²) >= 11 is 1.52. The molecule has 0 bridgehead atoms. The van der Waals surface area contributed by atoms with Gasteiger partial charge in [-0.3, -0.25) is 4.55 Å². The van der Waals surface area contributed by atoms with Gasteiger partial charge in [0.25, 0.3) is 10.1 Å². The maximum Gasteiger partial charge on any atom is 0.267 e. The summed E-state index contributed by atoms with van der Waals surface area (Å²) in [5.74, 6) is 0.696. The topological polar surface area (TPSA) is 100 Å². The van der Waals surface area contributed by atoms with Crippen LogP contribution in [0.3, 0.4) is 0 Å². The highest BCUT2D eigenvalue weighted by atomic mass is 32.2. The Labute approximate surface area is 203 Å². The number of thioether (sulfide) groups is 1. The predicted octanol–water partition coefficient (Wildman–Crippen LogP) is 3.32. The molecule has 1 aliphatic rings. The van der Waals surface area contributed by atoms with Crippen molar-refractivity contribution in [1.82, 2.24) is 0 Å². The molecule has 10 heteroatoms. The average molecular weight is 504 g/mol. The zero-order valence-corrected chi connectivity index (χ0v) is 20.8. The standard InChI is InChI=1S/C24H26N2O6S2/c1-4-25-17(6-5-16-11-19(31-2)7-9-21(16)25)12-24-26(14-18(27)15-34(28,29)30)22-13-20(32-3)8-10-23(22)33-24/h5-13,18,27H,4,14-15H2,1-3H3/p+1/t18-/m1/s1. The molecule has 0 spiro atoms. The molecule has 4 rings (SSSR count). The second-order valence-corrected chi connectivity index (χ2v) is 10.4. The normalized spacial score (nSPS) is 15.6. The highest BCUT2D eigenvalue weighted by molar-refractivity contribution is 8.03. The van der Waals surface area contributed by atoms with E-state index in [-0.39, 0.29) is 6.54 Å². The van der Waals surface area contributed by atoms with Crippen LogP contribution in [0.2, 0.25) is 0 Å². The first-order valence-electron chi connectivity index (χ1n) is 10.7. The molecule has 0 aliphatic carbocycles. The number of nitrogens with zero attached hydrogens (tertiary/aromatic N) is 2. The Morgan fingerprint density at radius 3 is 2.47 bits per heavy atom. The van der Waals surface area contributed by atoms with Gasteiger partial charge in [0.2, 0.25) is 11.2 Å². The van der Waals surface area contributed by atoms with Crippen LogP contribution in [0.5, 0.6) is 11.5 Å². The summed E-state index contributed by atoms with van der Waals surface area (Å²) in [6.07, 6.45) is 0.739. The zero-order chi connectivity index (χ0) is 24.5. The zero-order valence-electron chi connectivity index (χ0n) is 19.1. The van der Waals surface area contributed by atoms with Crippen LogP contribution in [-0.4, -0.2) is 50.7 Å². The van der Waals surface area contributed by atoms with Gasteiger partial charge in [-0.1, -0.05) is 11.8 Å². The lowest BCUT2D eigenvalue weighted by atomic mass is 10.1. The number of aryl methyl sites for hydroxylation is 1. The molecule has 180 valence electrons. The van der Waals surface area contributed by atoms with Gasteiger partial charge in [0.15, 0.2) is 0 Å². The Balaban J connectivity index is 1.78. The number of aliphatic hydroxyl groups is 1. The Bertz CT molecular complexity index is 1360. The van der Waals surface area contributed by atoms with Crippen molar-refractivity contribution in [3.8, 4) is 11.5 Å². The van der Waals surface area contributed by atoms with Gasteiger partial charge in [0, 0.05) is 29.2 Å². The smallest absolute Gasteiger partial charge is 0.267 e. The lowest BCUT2D eigenvalue weighted by molar-refractivity contribution is -0.669. The number of aromatic nitrogens is 1. The van der Waals surface area contributed by atoms with E-state index in [1.54, 1.807) is 14.2 Å². The predicted molar refractivity (Wildman–Crippen MR) is 133 cm³/mol. The Morgan fingerprint density at radius 2 is 1.79 bits per heavy atom. The van der Waals surface area contributed by atoms with Crippen LogP contribution in [0.4, 0.5) is 5.69 Å². The number of hydrogen-bond donors (Lipinski definition) is 2. The Morgan fingerprint density at radius 1 is 1.09 bits per heavy atom. The van der Waals surface area contributed by atoms with E-state index in [1.807, 2.05) is 59.5 Å². The minimum atomic E-state index is -4.31. The van der Waals surface area contributed by atoms with Gasteiger partial charge in [0.1, 0.15) is 23.8 Å². The van der Waals surface area contributed by atoms with Gasteiger partial charge in [-0.2, -0.15) is 13.0 Å². The molecule has 2 aromatic carbocycles. The summed E-state index contributed by atoms with van der Waals surface area (Å²) in [5, 5.41) is 12.3. The van der Waals surface area contributed by atoms with Crippen molar-refractivity contribution in [3.05, 3.63) is 59.3 Å². The van der Waals surface area contributed by atoms with Crippen molar-refractivity contribution < 1.29 is 32.1 Å². The summed E-state index contributed by atoms with van der Waals surface area (Å²) in [6, 6.07) is 15.6. The molecule has 0 unspecified atom stereocenters. The molecule has 0 amide bonds. The minimum Gasteiger partial charge on any atom is -0.497 e. The van der Waals surface area contributed by atoms with Crippen molar-refractivity contribution in [2.24, 2.45) is 0 Å². The van der Waals surface area contributed by atoms with E-state index in [9.17, 15) is 18.1 Å². The van der Waals surface area contributed by atoms with E-state index >= 15 is 0 Å². The molecular formula is C24H27N2O6S2+. The molecule has 3 aromatic rings. The van der Waals surface area contributed by atoms with Crippen LogP contribution in [0.1, 0.15) is 12.6 Å². The molecule has 0 radical (unpaired) electrons. The van der Waals surface area contributed by atoms with E-state index in [4.69, 9.17) is 9.47 Å². The third kappa shape index (κ3) is 5.15. The van der Waals surface area contributed by atoms with Crippen LogP contribution in [0, 0.1) is 0 Å². The molecule has 0 fully saturated rings. The number of β-amino-alcohol motifs (C(OH)–C–C–N with tert-alkyl or cyclic N) is 1. The number of methoxy groups -OCH3 is 2. The van der Waals surface area contributed by atoms with Crippen LogP contribution >= 0.6 is 11.8 Å². The van der Waals surface area contributed by atoms with E-state index in [0.717, 1.165) is 44.5 Å². The maximum atomic E-state index is 11.3. The van der Waals surface area contributed by atoms with E-state index in [2.05, 4.69) is 11.5 Å². The molecule has 1 aliphatic heterocycles. The SMILES string of the molecule is CC[n+]1c(C=C2Sc3ccc(OC)cc3N2C[C@@H](O)CS(=O)(=O)O)ccc2cc(OC)ccc21. The lowest BCUT2D eigenvalue weighted by Gasteiger charge is -2.23. The fourth-order valence-electron chi connectivity index (χ4n) is 4.06. The first-order valence-corrected chi connectivity index (χ1v) is 13.1.